The van der Waals surface area contributed by atoms with Crippen LogP contribution < -0.4 is 10.2 Å². The highest BCUT2D eigenvalue weighted by molar-refractivity contribution is 6.34. The molecule has 0 saturated carbocycles. The summed E-state index contributed by atoms with van der Waals surface area (Å²) in [6.07, 6.45) is -0.0904. The monoisotopic (exact) mass is 389 g/mol. The van der Waals surface area contributed by atoms with Gasteiger partial charge in [-0.2, -0.15) is 0 Å². The summed E-state index contributed by atoms with van der Waals surface area (Å²) < 4.78 is 13.4. The summed E-state index contributed by atoms with van der Waals surface area (Å²) in [5, 5.41) is 3.25. The third kappa shape index (κ3) is 4.99. The lowest BCUT2D eigenvalue weighted by atomic mass is 10.1. The van der Waals surface area contributed by atoms with E-state index in [9.17, 15) is 9.18 Å². The van der Waals surface area contributed by atoms with Gasteiger partial charge in [-0.1, -0.05) is 29.8 Å². The van der Waals surface area contributed by atoms with Crippen LogP contribution >= 0.6 is 11.6 Å². The first-order valence-corrected chi connectivity index (χ1v) is 9.57. The Balaban J connectivity index is 1.65. The van der Waals surface area contributed by atoms with Crippen LogP contribution in [0.25, 0.3) is 0 Å². The number of anilines is 2. The molecular weight excluding hydrogens is 365 g/mol. The maximum absolute atomic E-state index is 13.4. The van der Waals surface area contributed by atoms with E-state index in [0.717, 1.165) is 24.5 Å². The van der Waals surface area contributed by atoms with Crippen molar-refractivity contribution in [3.05, 3.63) is 59.1 Å². The van der Waals surface area contributed by atoms with Crippen molar-refractivity contribution < 1.29 is 9.18 Å². The minimum absolute atomic E-state index is 0.204. The average molecular weight is 390 g/mol. The summed E-state index contributed by atoms with van der Waals surface area (Å²) in [4.78, 5) is 16.7. The van der Waals surface area contributed by atoms with E-state index in [2.05, 4.69) is 22.0 Å². The molecule has 27 heavy (non-hydrogen) atoms. The SMILES string of the molecule is C[C@@H](CN1CC[C@H](F)C1)N(C)c1ccc(C(=O)Nc2ccccc2)c(Cl)c1. The van der Waals surface area contributed by atoms with Crippen molar-refractivity contribution in [1.82, 2.24) is 4.90 Å². The number of likely N-dealkylation sites (tertiary alicyclic amines) is 1. The molecule has 0 bridgehead atoms. The minimum Gasteiger partial charge on any atom is -0.371 e. The molecule has 1 amide bonds. The fraction of sp³-hybridized carbons (Fsp3) is 0.381. The molecule has 6 heteroatoms. The number of para-hydroxylation sites is 1. The van der Waals surface area contributed by atoms with E-state index in [1.165, 1.54) is 0 Å². The third-order valence-corrected chi connectivity index (χ3v) is 5.35. The molecular formula is C21H25ClFN3O. The molecule has 1 saturated heterocycles. The zero-order chi connectivity index (χ0) is 19.4. The van der Waals surface area contributed by atoms with Crippen molar-refractivity contribution in [2.45, 2.75) is 25.6 Å². The molecule has 0 spiro atoms. The Morgan fingerprint density at radius 3 is 2.70 bits per heavy atom. The first-order chi connectivity index (χ1) is 12.9. The van der Waals surface area contributed by atoms with Crippen LogP contribution in [0.4, 0.5) is 15.8 Å². The third-order valence-electron chi connectivity index (χ3n) is 5.03. The van der Waals surface area contributed by atoms with E-state index >= 15 is 0 Å². The van der Waals surface area contributed by atoms with Gasteiger partial charge in [0, 0.05) is 44.1 Å². The largest absolute Gasteiger partial charge is 0.371 e. The molecule has 0 aliphatic carbocycles. The standard InChI is InChI=1S/C21H25ClFN3O/c1-15(13-26-11-10-16(23)14-26)25(2)18-8-9-19(20(22)12-18)21(27)24-17-6-4-3-5-7-17/h3-9,12,15-16H,10-11,13-14H2,1-2H3,(H,24,27)/t15-,16-/m0/s1. The van der Waals surface area contributed by atoms with Crippen LogP contribution in [0.5, 0.6) is 0 Å². The summed E-state index contributed by atoms with van der Waals surface area (Å²) in [5.41, 5.74) is 2.09. The maximum atomic E-state index is 13.4. The van der Waals surface area contributed by atoms with Gasteiger partial charge in [0.05, 0.1) is 10.6 Å². The van der Waals surface area contributed by atoms with Gasteiger partial charge in [0.1, 0.15) is 6.17 Å². The van der Waals surface area contributed by atoms with E-state index in [1.54, 1.807) is 12.1 Å². The number of alkyl halides is 1. The van der Waals surface area contributed by atoms with Gasteiger partial charge < -0.3 is 10.2 Å². The Morgan fingerprint density at radius 2 is 2.07 bits per heavy atom. The molecule has 4 nitrogen and oxygen atoms in total. The first kappa shape index (κ1) is 19.6. The number of rotatable bonds is 6. The molecule has 1 N–H and O–H groups in total. The predicted octanol–water partition coefficient (Wildman–Crippen LogP) is 4.46. The Kier molecular flexibility index (Phi) is 6.34. The van der Waals surface area contributed by atoms with Gasteiger partial charge in [-0.3, -0.25) is 9.69 Å². The summed E-state index contributed by atoms with van der Waals surface area (Å²) >= 11 is 6.38. The van der Waals surface area contributed by atoms with Crippen LogP contribution in [-0.4, -0.2) is 49.7 Å². The molecule has 1 aliphatic rings. The highest BCUT2D eigenvalue weighted by atomic mass is 35.5. The number of hydrogen-bond donors (Lipinski definition) is 1. The van der Waals surface area contributed by atoms with E-state index in [-0.39, 0.29) is 11.9 Å². The summed E-state index contributed by atoms with van der Waals surface area (Å²) in [6.45, 7) is 4.22. The number of amides is 1. The van der Waals surface area contributed by atoms with Crippen LogP contribution in [0.2, 0.25) is 5.02 Å². The van der Waals surface area contributed by atoms with Gasteiger partial charge in [-0.15, -0.1) is 0 Å². The molecule has 144 valence electrons. The van der Waals surface area contributed by atoms with E-state index < -0.39 is 6.17 Å². The summed E-state index contributed by atoms with van der Waals surface area (Å²) in [7, 11) is 1.99. The van der Waals surface area contributed by atoms with E-state index in [1.807, 2.05) is 43.4 Å². The van der Waals surface area contributed by atoms with Crippen molar-refractivity contribution in [3.8, 4) is 0 Å². The van der Waals surface area contributed by atoms with Crippen LogP contribution in [-0.2, 0) is 0 Å². The fourth-order valence-electron chi connectivity index (χ4n) is 3.33. The van der Waals surface area contributed by atoms with E-state index in [4.69, 9.17) is 11.6 Å². The van der Waals surface area contributed by atoms with Gasteiger partial charge in [0.25, 0.3) is 5.91 Å². The number of nitrogens with one attached hydrogen (secondary N) is 1. The lowest BCUT2D eigenvalue weighted by Gasteiger charge is -2.30. The fourth-order valence-corrected chi connectivity index (χ4v) is 3.59. The van der Waals surface area contributed by atoms with Crippen LogP contribution in [0.15, 0.2) is 48.5 Å². The molecule has 0 unspecified atom stereocenters. The molecule has 2 atom stereocenters. The number of hydrogen-bond acceptors (Lipinski definition) is 3. The van der Waals surface area contributed by atoms with Crippen molar-refractivity contribution in [1.29, 1.82) is 0 Å². The molecule has 0 aromatic heterocycles. The average Bonchev–Trinajstić information content (AvgIpc) is 3.06. The van der Waals surface area contributed by atoms with Gasteiger partial charge >= 0.3 is 0 Å². The molecule has 1 aliphatic heterocycles. The van der Waals surface area contributed by atoms with Gasteiger partial charge in [-0.25, -0.2) is 4.39 Å². The molecule has 2 aromatic rings. The highest BCUT2D eigenvalue weighted by Crippen LogP contribution is 2.26. The minimum atomic E-state index is -0.709. The molecule has 2 aromatic carbocycles. The van der Waals surface area contributed by atoms with Crippen molar-refractivity contribution >= 4 is 28.9 Å². The molecule has 1 heterocycles. The quantitative estimate of drug-likeness (QED) is 0.792. The number of carbonyl (C=O) groups excluding carboxylic acids is 1. The Hall–Kier alpha value is -2.11. The van der Waals surface area contributed by atoms with Crippen LogP contribution in [0, 0.1) is 0 Å². The summed E-state index contributed by atoms with van der Waals surface area (Å²) in [6, 6.07) is 14.9. The first-order valence-electron chi connectivity index (χ1n) is 9.19. The number of halogens is 2. The van der Waals surface area contributed by atoms with Crippen LogP contribution in [0.3, 0.4) is 0 Å². The Morgan fingerprint density at radius 1 is 1.33 bits per heavy atom. The second kappa shape index (κ2) is 8.72. The molecule has 1 fully saturated rings. The number of likely N-dealkylation sites (N-methyl/N-ethyl adjacent to an activating group) is 1. The van der Waals surface area contributed by atoms with Gasteiger partial charge in [0.15, 0.2) is 0 Å². The molecule has 0 radical (unpaired) electrons. The lowest BCUT2D eigenvalue weighted by Crippen LogP contribution is -2.39. The van der Waals surface area contributed by atoms with Gasteiger partial charge in [-0.05, 0) is 43.7 Å². The van der Waals surface area contributed by atoms with Gasteiger partial charge in [0.2, 0.25) is 0 Å². The smallest absolute Gasteiger partial charge is 0.257 e. The summed E-state index contributed by atoms with van der Waals surface area (Å²) in [5.74, 6) is -0.237. The number of nitrogens with zero attached hydrogens (tertiary/aromatic N) is 2. The van der Waals surface area contributed by atoms with Crippen molar-refractivity contribution in [3.63, 3.8) is 0 Å². The predicted molar refractivity (Wildman–Crippen MR) is 110 cm³/mol. The maximum Gasteiger partial charge on any atom is 0.257 e. The van der Waals surface area contributed by atoms with Crippen molar-refractivity contribution in [2.24, 2.45) is 0 Å². The number of carbonyl (C=O) groups is 1. The topological polar surface area (TPSA) is 35.6 Å². The van der Waals surface area contributed by atoms with E-state index in [0.29, 0.717) is 23.6 Å². The Bertz CT molecular complexity index is 786. The second-order valence-corrected chi connectivity index (χ2v) is 7.50. The van der Waals surface area contributed by atoms with Crippen molar-refractivity contribution in [2.75, 3.05) is 36.9 Å². The number of benzene rings is 2. The zero-order valence-corrected chi connectivity index (χ0v) is 16.4. The Labute approximate surface area is 164 Å². The lowest BCUT2D eigenvalue weighted by molar-refractivity contribution is 0.102. The highest BCUT2D eigenvalue weighted by Gasteiger charge is 2.24. The normalized spacial score (nSPS) is 18.3. The van der Waals surface area contributed by atoms with Crippen LogP contribution in [0.1, 0.15) is 23.7 Å². The molecule has 3 rings (SSSR count). The zero-order valence-electron chi connectivity index (χ0n) is 15.7. The second-order valence-electron chi connectivity index (χ2n) is 7.09.